The van der Waals surface area contributed by atoms with Gasteiger partial charge in [0.2, 0.25) is 15.9 Å². The number of piperidine rings is 1. The van der Waals surface area contributed by atoms with Crippen molar-refractivity contribution >= 4 is 39.1 Å². The van der Waals surface area contributed by atoms with Crippen molar-refractivity contribution in [1.29, 1.82) is 0 Å². The van der Waals surface area contributed by atoms with Gasteiger partial charge in [0.25, 0.3) is 0 Å². The van der Waals surface area contributed by atoms with Gasteiger partial charge in [-0.05, 0) is 51.3 Å². The number of rotatable bonds is 4. The van der Waals surface area contributed by atoms with Crippen molar-refractivity contribution in [1.82, 2.24) is 9.62 Å². The number of hydrogen-bond donors (Lipinski definition) is 1. The number of nitrogens with zero attached hydrogens (tertiary/aromatic N) is 1. The second kappa shape index (κ2) is 7.82. The van der Waals surface area contributed by atoms with Crippen molar-refractivity contribution in [2.45, 2.75) is 44.9 Å². The van der Waals surface area contributed by atoms with Crippen LogP contribution >= 0.6 is 23.2 Å². The average Bonchev–Trinajstić information content (AvgIpc) is 2.49. The number of hydrogen-bond acceptors (Lipinski definition) is 3. The standard InChI is InChI=1S/C17H24Cl2N2O3S/c1-17(2,3)20-16(22)13-5-4-8-21(10-13)25(23,24)11-12-6-7-14(18)15(19)9-12/h6-7,9,13H,4-5,8,10-11H2,1-3H3,(H,20,22). The van der Waals surface area contributed by atoms with Crippen molar-refractivity contribution in [2.24, 2.45) is 5.92 Å². The van der Waals surface area contributed by atoms with Crippen LogP contribution in [0.25, 0.3) is 0 Å². The average molecular weight is 407 g/mol. The Hall–Kier alpha value is -0.820. The normalized spacial score (nSPS) is 19.6. The molecule has 0 aliphatic carbocycles. The van der Waals surface area contributed by atoms with Crippen LogP contribution in [0.2, 0.25) is 10.0 Å². The third kappa shape index (κ3) is 5.84. The maximum absolute atomic E-state index is 12.7. The molecule has 25 heavy (non-hydrogen) atoms. The highest BCUT2D eigenvalue weighted by atomic mass is 35.5. The zero-order chi connectivity index (χ0) is 18.8. The molecule has 1 amide bonds. The molecule has 1 unspecified atom stereocenters. The topological polar surface area (TPSA) is 66.5 Å². The van der Waals surface area contributed by atoms with Crippen LogP contribution in [0.3, 0.4) is 0 Å². The second-order valence-electron chi connectivity index (χ2n) is 7.44. The lowest BCUT2D eigenvalue weighted by Gasteiger charge is -2.33. The molecule has 0 saturated carbocycles. The molecule has 1 fully saturated rings. The van der Waals surface area contributed by atoms with Crippen LogP contribution in [0, 0.1) is 5.92 Å². The lowest BCUT2D eigenvalue weighted by molar-refractivity contribution is -0.127. The van der Waals surface area contributed by atoms with E-state index in [1.165, 1.54) is 4.31 Å². The molecule has 1 saturated heterocycles. The minimum Gasteiger partial charge on any atom is -0.351 e. The molecule has 140 valence electrons. The summed E-state index contributed by atoms with van der Waals surface area (Å²) in [4.78, 5) is 12.4. The summed E-state index contributed by atoms with van der Waals surface area (Å²) in [5.74, 6) is -0.573. The summed E-state index contributed by atoms with van der Waals surface area (Å²) in [6, 6.07) is 4.80. The maximum atomic E-state index is 12.7. The summed E-state index contributed by atoms with van der Waals surface area (Å²) in [7, 11) is -3.52. The number of carbonyl (C=O) groups is 1. The van der Waals surface area contributed by atoms with Gasteiger partial charge in [-0.25, -0.2) is 12.7 Å². The fraction of sp³-hybridized carbons (Fsp3) is 0.588. The third-order valence-corrected chi connectivity index (χ3v) is 6.54. The number of amides is 1. The third-order valence-electron chi connectivity index (χ3n) is 3.98. The monoisotopic (exact) mass is 406 g/mol. The highest BCUT2D eigenvalue weighted by Crippen LogP contribution is 2.26. The lowest BCUT2D eigenvalue weighted by Crippen LogP contribution is -2.49. The Labute approximate surface area is 159 Å². The van der Waals surface area contributed by atoms with Crippen molar-refractivity contribution in [2.75, 3.05) is 13.1 Å². The van der Waals surface area contributed by atoms with E-state index < -0.39 is 10.0 Å². The van der Waals surface area contributed by atoms with Crippen LogP contribution in [-0.2, 0) is 20.6 Å². The van der Waals surface area contributed by atoms with Gasteiger partial charge in [-0.3, -0.25) is 4.79 Å². The van der Waals surface area contributed by atoms with E-state index in [9.17, 15) is 13.2 Å². The van der Waals surface area contributed by atoms with Crippen molar-refractivity contribution in [3.63, 3.8) is 0 Å². The molecule has 0 bridgehead atoms. The first kappa shape index (κ1) is 20.5. The van der Waals surface area contributed by atoms with Crippen LogP contribution in [0.4, 0.5) is 0 Å². The molecule has 1 aliphatic heterocycles. The van der Waals surface area contributed by atoms with E-state index in [1.54, 1.807) is 18.2 Å². The molecular weight excluding hydrogens is 383 g/mol. The summed E-state index contributed by atoms with van der Waals surface area (Å²) in [6.07, 6.45) is 1.36. The number of benzene rings is 1. The van der Waals surface area contributed by atoms with E-state index in [0.717, 1.165) is 0 Å². The Morgan fingerprint density at radius 3 is 2.56 bits per heavy atom. The summed E-state index contributed by atoms with van der Waals surface area (Å²) >= 11 is 11.8. The molecule has 8 heteroatoms. The van der Waals surface area contributed by atoms with Crippen LogP contribution < -0.4 is 5.32 Å². The molecule has 0 spiro atoms. The van der Waals surface area contributed by atoms with Gasteiger partial charge in [0, 0.05) is 18.6 Å². The molecule has 5 nitrogen and oxygen atoms in total. The Balaban J connectivity index is 2.08. The molecule has 1 atom stereocenters. The molecule has 0 aromatic heterocycles. The van der Waals surface area contributed by atoms with E-state index >= 15 is 0 Å². The van der Waals surface area contributed by atoms with Crippen LogP contribution in [0.5, 0.6) is 0 Å². The smallest absolute Gasteiger partial charge is 0.224 e. The molecule has 1 N–H and O–H groups in total. The highest BCUT2D eigenvalue weighted by molar-refractivity contribution is 7.88. The molecule has 1 aromatic rings. The second-order valence-corrected chi connectivity index (χ2v) is 10.2. The number of halogens is 2. The maximum Gasteiger partial charge on any atom is 0.224 e. The predicted molar refractivity (Wildman–Crippen MR) is 101 cm³/mol. The van der Waals surface area contributed by atoms with E-state index in [1.807, 2.05) is 20.8 Å². The fourth-order valence-electron chi connectivity index (χ4n) is 2.81. The van der Waals surface area contributed by atoms with Gasteiger partial charge in [0.15, 0.2) is 0 Å². The van der Waals surface area contributed by atoms with Crippen molar-refractivity contribution in [3.05, 3.63) is 33.8 Å². The Morgan fingerprint density at radius 1 is 1.28 bits per heavy atom. The Morgan fingerprint density at radius 2 is 1.96 bits per heavy atom. The summed E-state index contributed by atoms with van der Waals surface area (Å²) < 4.78 is 26.9. The highest BCUT2D eigenvalue weighted by Gasteiger charge is 2.33. The SMILES string of the molecule is CC(C)(C)NC(=O)C1CCCN(S(=O)(=O)Cc2ccc(Cl)c(Cl)c2)C1. The lowest BCUT2D eigenvalue weighted by atomic mass is 9.97. The first-order valence-electron chi connectivity index (χ1n) is 8.22. The number of nitrogens with one attached hydrogen (secondary N) is 1. The zero-order valence-electron chi connectivity index (χ0n) is 14.7. The van der Waals surface area contributed by atoms with Crippen molar-refractivity contribution < 1.29 is 13.2 Å². The summed E-state index contributed by atoms with van der Waals surface area (Å²) in [6.45, 7) is 6.38. The van der Waals surface area contributed by atoms with Crippen LogP contribution in [0.15, 0.2) is 18.2 Å². The Kier molecular flexibility index (Phi) is 6.41. The number of sulfonamides is 1. The molecule has 2 rings (SSSR count). The van der Waals surface area contributed by atoms with E-state index in [-0.39, 0.29) is 29.7 Å². The molecular formula is C17H24Cl2N2O3S. The van der Waals surface area contributed by atoms with Gasteiger partial charge in [-0.15, -0.1) is 0 Å². The summed E-state index contributed by atoms with van der Waals surface area (Å²) in [5.41, 5.74) is 0.244. The predicted octanol–water partition coefficient (Wildman–Crippen LogP) is 3.45. The number of carbonyl (C=O) groups excluding carboxylic acids is 1. The first-order chi connectivity index (χ1) is 11.5. The Bertz CT molecular complexity index is 745. The van der Waals surface area contributed by atoms with Gasteiger partial charge in [0.1, 0.15) is 0 Å². The molecule has 0 radical (unpaired) electrons. The van der Waals surface area contributed by atoms with Gasteiger partial charge in [-0.1, -0.05) is 29.3 Å². The summed E-state index contributed by atoms with van der Waals surface area (Å²) in [5, 5.41) is 3.65. The quantitative estimate of drug-likeness (QED) is 0.832. The van der Waals surface area contributed by atoms with Crippen molar-refractivity contribution in [3.8, 4) is 0 Å². The van der Waals surface area contributed by atoms with Gasteiger partial charge in [-0.2, -0.15) is 0 Å². The minimum atomic E-state index is -3.52. The minimum absolute atomic E-state index is 0.0954. The van der Waals surface area contributed by atoms with Crippen LogP contribution in [-0.4, -0.2) is 37.3 Å². The van der Waals surface area contributed by atoms with Gasteiger partial charge < -0.3 is 5.32 Å². The van der Waals surface area contributed by atoms with Gasteiger partial charge in [0.05, 0.1) is 21.7 Å². The fourth-order valence-corrected chi connectivity index (χ4v) is 4.73. The van der Waals surface area contributed by atoms with E-state index in [2.05, 4.69) is 5.32 Å². The molecule has 1 heterocycles. The zero-order valence-corrected chi connectivity index (χ0v) is 17.0. The van der Waals surface area contributed by atoms with E-state index in [0.29, 0.717) is 35.0 Å². The van der Waals surface area contributed by atoms with E-state index in [4.69, 9.17) is 23.2 Å². The molecule has 1 aromatic carbocycles. The first-order valence-corrected chi connectivity index (χ1v) is 10.6. The molecule has 1 aliphatic rings. The largest absolute Gasteiger partial charge is 0.351 e. The van der Waals surface area contributed by atoms with Gasteiger partial charge >= 0.3 is 0 Å². The van der Waals surface area contributed by atoms with Crippen LogP contribution in [0.1, 0.15) is 39.2 Å².